The van der Waals surface area contributed by atoms with Crippen molar-refractivity contribution in [2.45, 2.75) is 26.4 Å². The maximum Gasteiger partial charge on any atom is 0.0636 e. The molecule has 0 fully saturated rings. The van der Waals surface area contributed by atoms with E-state index in [4.69, 9.17) is 11.6 Å². The SMILES string of the molecule is Cc1ccccc1[C@H](C)NCc1sc2ccccc2c1Cl. The number of fused-ring (bicyclic) bond motifs is 1. The number of rotatable bonds is 4. The highest BCUT2D eigenvalue weighted by Gasteiger charge is 2.12. The van der Waals surface area contributed by atoms with Crippen LogP contribution in [0.25, 0.3) is 10.1 Å². The first-order valence-electron chi connectivity index (χ1n) is 7.11. The van der Waals surface area contributed by atoms with Crippen LogP contribution in [0.2, 0.25) is 5.02 Å². The number of aryl methyl sites for hydroxylation is 1. The van der Waals surface area contributed by atoms with Crippen LogP contribution in [0.4, 0.5) is 0 Å². The van der Waals surface area contributed by atoms with E-state index in [-0.39, 0.29) is 0 Å². The van der Waals surface area contributed by atoms with Crippen LogP contribution in [0.5, 0.6) is 0 Å². The van der Waals surface area contributed by atoms with Crippen molar-refractivity contribution in [1.82, 2.24) is 5.32 Å². The molecule has 0 saturated carbocycles. The lowest BCUT2D eigenvalue weighted by Gasteiger charge is -2.16. The Bertz CT molecular complexity index is 763. The molecule has 3 rings (SSSR count). The molecule has 21 heavy (non-hydrogen) atoms. The molecule has 1 heterocycles. The quantitative estimate of drug-likeness (QED) is 0.650. The van der Waals surface area contributed by atoms with E-state index in [0.29, 0.717) is 6.04 Å². The van der Waals surface area contributed by atoms with Gasteiger partial charge in [-0.3, -0.25) is 0 Å². The minimum atomic E-state index is 0.312. The first-order valence-corrected chi connectivity index (χ1v) is 8.31. The summed E-state index contributed by atoms with van der Waals surface area (Å²) >= 11 is 8.26. The van der Waals surface area contributed by atoms with Crippen molar-refractivity contribution in [2.75, 3.05) is 0 Å². The maximum absolute atomic E-state index is 6.49. The lowest BCUT2D eigenvalue weighted by Crippen LogP contribution is -2.18. The van der Waals surface area contributed by atoms with E-state index in [0.717, 1.165) is 17.0 Å². The van der Waals surface area contributed by atoms with E-state index in [1.165, 1.54) is 20.7 Å². The van der Waals surface area contributed by atoms with Gasteiger partial charge in [0.25, 0.3) is 0 Å². The predicted octanol–water partition coefficient (Wildman–Crippen LogP) is 5.71. The minimum Gasteiger partial charge on any atom is -0.305 e. The zero-order chi connectivity index (χ0) is 14.8. The van der Waals surface area contributed by atoms with Gasteiger partial charge in [0.1, 0.15) is 0 Å². The van der Waals surface area contributed by atoms with Gasteiger partial charge < -0.3 is 5.32 Å². The van der Waals surface area contributed by atoms with Gasteiger partial charge in [-0.25, -0.2) is 0 Å². The lowest BCUT2D eigenvalue weighted by molar-refractivity contribution is 0.576. The summed E-state index contributed by atoms with van der Waals surface area (Å²) < 4.78 is 1.25. The van der Waals surface area contributed by atoms with Gasteiger partial charge in [-0.15, -0.1) is 11.3 Å². The molecule has 0 spiro atoms. The van der Waals surface area contributed by atoms with Crippen molar-refractivity contribution in [1.29, 1.82) is 0 Å². The van der Waals surface area contributed by atoms with Crippen LogP contribution in [-0.2, 0) is 6.54 Å². The lowest BCUT2D eigenvalue weighted by atomic mass is 10.0. The van der Waals surface area contributed by atoms with Crippen molar-refractivity contribution < 1.29 is 0 Å². The maximum atomic E-state index is 6.49. The average molecular weight is 316 g/mol. The summed E-state index contributed by atoms with van der Waals surface area (Å²) in [7, 11) is 0. The molecule has 0 bridgehead atoms. The summed E-state index contributed by atoms with van der Waals surface area (Å²) in [6, 6.07) is 17.1. The second-order valence-corrected chi connectivity index (χ2v) is 6.81. The second kappa shape index (κ2) is 6.18. The normalized spacial score (nSPS) is 12.7. The Kier molecular flexibility index (Phi) is 4.29. The molecule has 1 nitrogen and oxygen atoms in total. The number of thiophene rings is 1. The van der Waals surface area contributed by atoms with Gasteiger partial charge in [0.2, 0.25) is 0 Å². The standard InChI is InChI=1S/C18H18ClNS/c1-12-7-3-4-8-14(12)13(2)20-11-17-18(19)15-9-5-6-10-16(15)21-17/h3-10,13,20H,11H2,1-2H3/t13-/m0/s1. The summed E-state index contributed by atoms with van der Waals surface area (Å²) in [5.74, 6) is 0. The van der Waals surface area contributed by atoms with Crippen LogP contribution in [0, 0.1) is 6.92 Å². The number of hydrogen-bond acceptors (Lipinski definition) is 2. The van der Waals surface area contributed by atoms with E-state index in [1.807, 2.05) is 6.07 Å². The largest absolute Gasteiger partial charge is 0.305 e. The molecule has 0 aliphatic carbocycles. The molecular formula is C18H18ClNS. The van der Waals surface area contributed by atoms with Crippen LogP contribution >= 0.6 is 22.9 Å². The third kappa shape index (κ3) is 2.98. The van der Waals surface area contributed by atoms with Crippen molar-refractivity contribution >= 4 is 33.0 Å². The van der Waals surface area contributed by atoms with Crippen LogP contribution in [-0.4, -0.2) is 0 Å². The Morgan fingerprint density at radius 1 is 1.10 bits per heavy atom. The van der Waals surface area contributed by atoms with Gasteiger partial charge in [-0.2, -0.15) is 0 Å². The first-order chi connectivity index (χ1) is 10.2. The number of benzene rings is 2. The zero-order valence-electron chi connectivity index (χ0n) is 12.2. The van der Waals surface area contributed by atoms with E-state index >= 15 is 0 Å². The Labute approximate surface area is 134 Å². The highest BCUT2D eigenvalue weighted by Crippen LogP contribution is 2.35. The molecule has 1 aromatic heterocycles. The molecule has 3 heteroatoms. The van der Waals surface area contributed by atoms with Gasteiger partial charge in [0.05, 0.1) is 5.02 Å². The summed E-state index contributed by atoms with van der Waals surface area (Å²) in [6.45, 7) is 5.15. The van der Waals surface area contributed by atoms with Gasteiger partial charge in [0.15, 0.2) is 0 Å². The monoisotopic (exact) mass is 315 g/mol. The van der Waals surface area contributed by atoms with Crippen molar-refractivity contribution in [3.63, 3.8) is 0 Å². The van der Waals surface area contributed by atoms with E-state index in [2.05, 4.69) is 61.6 Å². The topological polar surface area (TPSA) is 12.0 Å². The third-order valence-corrected chi connectivity index (χ3v) is 5.54. The van der Waals surface area contributed by atoms with E-state index in [9.17, 15) is 0 Å². The summed E-state index contributed by atoms with van der Waals surface area (Å²) in [5.41, 5.74) is 2.66. The third-order valence-electron chi connectivity index (χ3n) is 3.83. The fourth-order valence-electron chi connectivity index (χ4n) is 2.61. The highest BCUT2D eigenvalue weighted by atomic mass is 35.5. The van der Waals surface area contributed by atoms with Crippen LogP contribution < -0.4 is 5.32 Å². The van der Waals surface area contributed by atoms with E-state index in [1.54, 1.807) is 11.3 Å². The molecule has 0 unspecified atom stereocenters. The van der Waals surface area contributed by atoms with Crippen LogP contribution in [0.15, 0.2) is 48.5 Å². The first kappa shape index (κ1) is 14.6. The summed E-state index contributed by atoms with van der Waals surface area (Å²) in [6.07, 6.45) is 0. The number of hydrogen-bond donors (Lipinski definition) is 1. The van der Waals surface area contributed by atoms with Crippen molar-refractivity contribution in [3.8, 4) is 0 Å². The Morgan fingerprint density at radius 3 is 2.57 bits per heavy atom. The molecular weight excluding hydrogens is 298 g/mol. The summed E-state index contributed by atoms with van der Waals surface area (Å²) in [4.78, 5) is 1.21. The minimum absolute atomic E-state index is 0.312. The molecule has 1 N–H and O–H groups in total. The van der Waals surface area contributed by atoms with Crippen LogP contribution in [0.3, 0.4) is 0 Å². The average Bonchev–Trinajstić information content (AvgIpc) is 2.82. The Balaban J connectivity index is 1.77. The van der Waals surface area contributed by atoms with Crippen molar-refractivity contribution in [2.24, 2.45) is 0 Å². The highest BCUT2D eigenvalue weighted by molar-refractivity contribution is 7.19. The number of halogens is 1. The molecule has 0 saturated heterocycles. The van der Waals surface area contributed by atoms with Gasteiger partial charge in [0, 0.05) is 27.5 Å². The Hall–Kier alpha value is -1.35. The van der Waals surface area contributed by atoms with Gasteiger partial charge in [-0.1, -0.05) is 54.1 Å². The predicted molar refractivity (Wildman–Crippen MR) is 93.3 cm³/mol. The van der Waals surface area contributed by atoms with Gasteiger partial charge >= 0.3 is 0 Å². The van der Waals surface area contributed by atoms with Crippen LogP contribution in [0.1, 0.15) is 29.0 Å². The fourth-order valence-corrected chi connectivity index (χ4v) is 4.06. The molecule has 0 radical (unpaired) electrons. The van der Waals surface area contributed by atoms with Crippen molar-refractivity contribution in [3.05, 3.63) is 69.6 Å². The Morgan fingerprint density at radius 2 is 1.81 bits per heavy atom. The van der Waals surface area contributed by atoms with E-state index < -0.39 is 0 Å². The summed E-state index contributed by atoms with van der Waals surface area (Å²) in [5, 5.41) is 5.63. The molecule has 0 aliphatic heterocycles. The molecule has 0 amide bonds. The zero-order valence-corrected chi connectivity index (χ0v) is 13.8. The molecule has 108 valence electrons. The fraction of sp³-hybridized carbons (Fsp3) is 0.222. The second-order valence-electron chi connectivity index (χ2n) is 5.29. The number of nitrogens with one attached hydrogen (secondary N) is 1. The molecule has 2 aromatic carbocycles. The molecule has 3 aromatic rings. The smallest absolute Gasteiger partial charge is 0.0636 e. The molecule has 1 atom stereocenters. The van der Waals surface area contributed by atoms with Gasteiger partial charge in [-0.05, 0) is 31.0 Å². The molecule has 0 aliphatic rings.